The van der Waals surface area contributed by atoms with Crippen molar-refractivity contribution in [3.8, 4) is 0 Å². The van der Waals surface area contributed by atoms with E-state index in [1.165, 1.54) is 18.2 Å². The van der Waals surface area contributed by atoms with Gasteiger partial charge in [0.1, 0.15) is 0 Å². The van der Waals surface area contributed by atoms with Gasteiger partial charge < -0.3 is 26.5 Å². The lowest BCUT2D eigenvalue weighted by atomic mass is 10.00. The molecule has 0 bridgehead atoms. The summed E-state index contributed by atoms with van der Waals surface area (Å²) >= 11 is 0. The molecule has 6 heteroatoms. The number of anilines is 1. The number of carboxylic acids is 1. The maximum absolute atomic E-state index is 10.8. The Bertz CT molecular complexity index is 366. The first kappa shape index (κ1) is 14.4. The van der Waals surface area contributed by atoms with Gasteiger partial charge in [0.15, 0.2) is 0 Å². The third-order valence-electron chi connectivity index (χ3n) is 2.07. The summed E-state index contributed by atoms with van der Waals surface area (Å²) in [6.45, 7) is -0.213. The standard InChI is InChI=1S/C10H13NO4.H2O/c11-6-1-2-7(10(14)15)8(5-6)9(13)3-4-12;/h1-2,5,9,12-13H,3-4,11H2,(H,14,15);1H2. The Kier molecular flexibility index (Phi) is 5.44. The van der Waals surface area contributed by atoms with Gasteiger partial charge in [-0.25, -0.2) is 4.79 Å². The van der Waals surface area contributed by atoms with Gasteiger partial charge in [0.25, 0.3) is 0 Å². The van der Waals surface area contributed by atoms with E-state index >= 15 is 0 Å². The molecule has 1 aromatic carbocycles. The molecule has 16 heavy (non-hydrogen) atoms. The molecule has 0 saturated heterocycles. The van der Waals surface area contributed by atoms with Crippen LogP contribution in [0.4, 0.5) is 5.69 Å². The zero-order chi connectivity index (χ0) is 11.4. The van der Waals surface area contributed by atoms with E-state index in [9.17, 15) is 9.90 Å². The lowest BCUT2D eigenvalue weighted by Crippen LogP contribution is -2.09. The van der Waals surface area contributed by atoms with Crippen LogP contribution in [-0.4, -0.2) is 33.4 Å². The van der Waals surface area contributed by atoms with Crippen molar-refractivity contribution < 1.29 is 25.6 Å². The van der Waals surface area contributed by atoms with Crippen LogP contribution in [-0.2, 0) is 0 Å². The third kappa shape index (κ3) is 3.20. The largest absolute Gasteiger partial charge is 0.478 e. The van der Waals surface area contributed by atoms with Crippen LogP contribution < -0.4 is 5.73 Å². The van der Waals surface area contributed by atoms with Gasteiger partial charge in [-0.1, -0.05) is 0 Å². The van der Waals surface area contributed by atoms with Crippen molar-refractivity contribution in [3.05, 3.63) is 29.3 Å². The van der Waals surface area contributed by atoms with Crippen LogP contribution in [0.15, 0.2) is 18.2 Å². The van der Waals surface area contributed by atoms with Gasteiger partial charge in [-0.15, -0.1) is 0 Å². The second kappa shape index (κ2) is 6.06. The highest BCUT2D eigenvalue weighted by molar-refractivity contribution is 5.90. The van der Waals surface area contributed by atoms with Gasteiger partial charge in [-0.05, 0) is 23.8 Å². The van der Waals surface area contributed by atoms with E-state index in [2.05, 4.69) is 0 Å². The van der Waals surface area contributed by atoms with Crippen molar-refractivity contribution in [2.75, 3.05) is 12.3 Å². The van der Waals surface area contributed by atoms with Gasteiger partial charge in [0.05, 0.1) is 11.7 Å². The highest BCUT2D eigenvalue weighted by Crippen LogP contribution is 2.23. The van der Waals surface area contributed by atoms with Crippen molar-refractivity contribution in [3.63, 3.8) is 0 Å². The summed E-state index contributed by atoms with van der Waals surface area (Å²) < 4.78 is 0. The minimum atomic E-state index is -1.12. The zero-order valence-corrected chi connectivity index (χ0v) is 8.55. The van der Waals surface area contributed by atoms with Crippen molar-refractivity contribution in [1.82, 2.24) is 0 Å². The third-order valence-corrected chi connectivity index (χ3v) is 2.07. The molecule has 0 fully saturated rings. The van der Waals surface area contributed by atoms with Gasteiger partial charge in [0.2, 0.25) is 0 Å². The van der Waals surface area contributed by atoms with Crippen LogP contribution in [0.3, 0.4) is 0 Å². The van der Waals surface area contributed by atoms with Crippen LogP contribution in [0.25, 0.3) is 0 Å². The average Bonchev–Trinajstić information content (AvgIpc) is 2.17. The average molecular weight is 229 g/mol. The lowest BCUT2D eigenvalue weighted by Gasteiger charge is -2.12. The van der Waals surface area contributed by atoms with Gasteiger partial charge in [-0.3, -0.25) is 0 Å². The molecular formula is C10H15NO5. The van der Waals surface area contributed by atoms with Crippen LogP contribution in [0.2, 0.25) is 0 Å². The summed E-state index contributed by atoms with van der Waals surface area (Å²) in [5.74, 6) is -1.12. The summed E-state index contributed by atoms with van der Waals surface area (Å²) in [4.78, 5) is 10.8. The smallest absolute Gasteiger partial charge is 0.336 e. The molecule has 7 N–H and O–H groups in total. The number of benzene rings is 1. The number of nitrogen functional groups attached to an aromatic ring is 1. The molecule has 0 aromatic heterocycles. The number of carboxylic acid groups (broad SMARTS) is 1. The number of nitrogens with two attached hydrogens (primary N) is 1. The molecule has 6 nitrogen and oxygen atoms in total. The normalized spacial score (nSPS) is 11.6. The van der Waals surface area contributed by atoms with Crippen molar-refractivity contribution in [2.45, 2.75) is 12.5 Å². The monoisotopic (exact) mass is 229 g/mol. The minimum Gasteiger partial charge on any atom is -0.478 e. The first-order chi connectivity index (χ1) is 7.06. The van der Waals surface area contributed by atoms with E-state index in [0.29, 0.717) is 5.69 Å². The molecule has 0 aliphatic carbocycles. The predicted octanol–water partition coefficient (Wildman–Crippen LogP) is -0.442. The van der Waals surface area contributed by atoms with Gasteiger partial charge in [0, 0.05) is 18.7 Å². The molecule has 1 rings (SSSR count). The number of aliphatic hydroxyl groups excluding tert-OH is 2. The number of aromatic carboxylic acids is 1. The zero-order valence-electron chi connectivity index (χ0n) is 8.55. The summed E-state index contributed by atoms with van der Waals surface area (Å²) in [5.41, 5.74) is 6.11. The Balaban J connectivity index is 0.00000225. The summed E-state index contributed by atoms with van der Waals surface area (Å²) in [7, 11) is 0. The molecule has 0 amide bonds. The fourth-order valence-corrected chi connectivity index (χ4v) is 1.33. The van der Waals surface area contributed by atoms with Crippen LogP contribution >= 0.6 is 0 Å². The number of aliphatic hydroxyl groups is 2. The molecule has 0 spiro atoms. The molecule has 0 heterocycles. The quantitative estimate of drug-likeness (QED) is 0.519. The van der Waals surface area contributed by atoms with Crippen LogP contribution in [0, 0.1) is 0 Å². The lowest BCUT2D eigenvalue weighted by molar-refractivity contribution is 0.0685. The van der Waals surface area contributed by atoms with Crippen molar-refractivity contribution in [2.24, 2.45) is 0 Å². The molecule has 90 valence electrons. The molecule has 1 unspecified atom stereocenters. The summed E-state index contributed by atoms with van der Waals surface area (Å²) in [5, 5.41) is 27.1. The Morgan fingerprint density at radius 1 is 1.44 bits per heavy atom. The topological polar surface area (TPSA) is 135 Å². The highest BCUT2D eigenvalue weighted by atomic mass is 16.4. The first-order valence-corrected chi connectivity index (χ1v) is 4.48. The molecule has 1 atom stereocenters. The highest BCUT2D eigenvalue weighted by Gasteiger charge is 2.16. The molecule has 0 aliphatic rings. The van der Waals surface area contributed by atoms with Gasteiger partial charge >= 0.3 is 5.97 Å². The fourth-order valence-electron chi connectivity index (χ4n) is 1.33. The minimum absolute atomic E-state index is 0. The molecule has 0 saturated carbocycles. The second-order valence-electron chi connectivity index (χ2n) is 3.18. The van der Waals surface area contributed by atoms with E-state index in [4.69, 9.17) is 15.9 Å². The van der Waals surface area contributed by atoms with E-state index < -0.39 is 12.1 Å². The van der Waals surface area contributed by atoms with E-state index in [-0.39, 0.29) is 29.6 Å². The first-order valence-electron chi connectivity index (χ1n) is 4.48. The number of hydrogen-bond donors (Lipinski definition) is 4. The van der Waals surface area contributed by atoms with E-state index in [1.807, 2.05) is 0 Å². The number of rotatable bonds is 4. The second-order valence-corrected chi connectivity index (χ2v) is 3.18. The Hall–Kier alpha value is -1.63. The summed E-state index contributed by atoms with van der Waals surface area (Å²) in [6.07, 6.45) is -0.923. The molecule has 1 aromatic rings. The molecular weight excluding hydrogens is 214 g/mol. The van der Waals surface area contributed by atoms with Crippen molar-refractivity contribution >= 4 is 11.7 Å². The number of hydrogen-bond acceptors (Lipinski definition) is 4. The molecule has 0 radical (unpaired) electrons. The summed E-state index contributed by atoms with van der Waals surface area (Å²) in [6, 6.07) is 4.20. The molecule has 0 aliphatic heterocycles. The fraction of sp³-hybridized carbons (Fsp3) is 0.300. The van der Waals surface area contributed by atoms with Crippen LogP contribution in [0.5, 0.6) is 0 Å². The van der Waals surface area contributed by atoms with E-state index in [0.717, 1.165) is 0 Å². The predicted molar refractivity (Wildman–Crippen MR) is 58.1 cm³/mol. The maximum Gasteiger partial charge on any atom is 0.336 e. The Labute approximate surface area is 92.3 Å². The van der Waals surface area contributed by atoms with Crippen molar-refractivity contribution in [1.29, 1.82) is 0 Å². The maximum atomic E-state index is 10.8. The number of carbonyl (C=O) groups is 1. The Morgan fingerprint density at radius 3 is 2.56 bits per heavy atom. The van der Waals surface area contributed by atoms with Crippen LogP contribution in [0.1, 0.15) is 28.4 Å². The van der Waals surface area contributed by atoms with E-state index in [1.54, 1.807) is 0 Å². The van der Waals surface area contributed by atoms with Gasteiger partial charge in [-0.2, -0.15) is 0 Å². The Morgan fingerprint density at radius 2 is 2.06 bits per heavy atom. The SMILES string of the molecule is Nc1ccc(C(=O)O)c(C(O)CCO)c1.O.